The molecular formula is C14H20N6O3. The first kappa shape index (κ1) is 16.7. The van der Waals surface area contributed by atoms with E-state index < -0.39 is 4.92 Å². The molecule has 1 N–H and O–H groups in total. The summed E-state index contributed by atoms with van der Waals surface area (Å²) in [5.41, 5.74) is 3.22. The molecule has 0 bridgehead atoms. The van der Waals surface area contributed by atoms with Gasteiger partial charge in [0.25, 0.3) is 0 Å². The predicted molar refractivity (Wildman–Crippen MR) is 82.8 cm³/mol. The van der Waals surface area contributed by atoms with E-state index in [1.165, 1.54) is 10.9 Å². The highest BCUT2D eigenvalue weighted by atomic mass is 16.6. The Morgan fingerprint density at radius 2 is 2.00 bits per heavy atom. The highest BCUT2D eigenvalue weighted by Crippen LogP contribution is 2.15. The van der Waals surface area contributed by atoms with E-state index in [1.54, 1.807) is 11.6 Å². The summed E-state index contributed by atoms with van der Waals surface area (Å²) in [4.78, 5) is 22.2. The summed E-state index contributed by atoms with van der Waals surface area (Å²) in [6, 6.07) is 0. The zero-order chi connectivity index (χ0) is 17.1. The molecule has 0 spiro atoms. The number of carbonyl (C=O) groups is 1. The molecule has 0 fully saturated rings. The first-order valence-electron chi connectivity index (χ1n) is 7.23. The minimum absolute atomic E-state index is 0.0352. The molecule has 0 aliphatic carbocycles. The average molecular weight is 320 g/mol. The van der Waals surface area contributed by atoms with Crippen molar-refractivity contribution in [3.05, 3.63) is 39.0 Å². The molecule has 0 atom stereocenters. The molecule has 2 rings (SSSR count). The van der Waals surface area contributed by atoms with Crippen LogP contribution in [0.25, 0.3) is 0 Å². The Morgan fingerprint density at radius 3 is 2.52 bits per heavy atom. The van der Waals surface area contributed by atoms with E-state index in [4.69, 9.17) is 0 Å². The van der Waals surface area contributed by atoms with Gasteiger partial charge in [-0.3, -0.25) is 24.3 Å². The van der Waals surface area contributed by atoms with Crippen LogP contribution in [0.2, 0.25) is 0 Å². The average Bonchev–Trinajstić information content (AvgIpc) is 2.96. The van der Waals surface area contributed by atoms with E-state index in [0.717, 1.165) is 17.0 Å². The van der Waals surface area contributed by atoms with Gasteiger partial charge in [0.05, 0.1) is 10.6 Å². The van der Waals surface area contributed by atoms with Crippen LogP contribution in [0.3, 0.4) is 0 Å². The third kappa shape index (κ3) is 3.74. The van der Waals surface area contributed by atoms with Crippen molar-refractivity contribution in [2.75, 3.05) is 0 Å². The number of amides is 1. The van der Waals surface area contributed by atoms with Crippen LogP contribution in [0.5, 0.6) is 0 Å². The van der Waals surface area contributed by atoms with Gasteiger partial charge in [-0.15, -0.1) is 0 Å². The minimum atomic E-state index is -0.479. The maximum Gasteiger partial charge on any atom is 0.309 e. The number of nitrogens with zero attached hydrogens (tertiary/aromatic N) is 5. The zero-order valence-electron chi connectivity index (χ0n) is 13.7. The van der Waals surface area contributed by atoms with Crippen molar-refractivity contribution in [2.45, 2.75) is 40.3 Å². The molecule has 0 aromatic carbocycles. The Bertz CT molecular complexity index is 746. The Morgan fingerprint density at radius 1 is 1.30 bits per heavy atom. The Hall–Kier alpha value is -2.71. The lowest BCUT2D eigenvalue weighted by Gasteiger charge is -2.06. The molecule has 2 aromatic rings. The number of hydrogen-bond donors (Lipinski definition) is 1. The molecule has 0 saturated heterocycles. The molecule has 9 heteroatoms. The minimum Gasteiger partial charge on any atom is -0.352 e. The van der Waals surface area contributed by atoms with E-state index in [-0.39, 0.29) is 18.0 Å². The Kier molecular flexibility index (Phi) is 4.77. The normalized spacial score (nSPS) is 10.8. The molecule has 2 heterocycles. The van der Waals surface area contributed by atoms with Crippen molar-refractivity contribution < 1.29 is 9.72 Å². The maximum absolute atomic E-state index is 11.9. The van der Waals surface area contributed by atoms with Gasteiger partial charge in [-0.25, -0.2) is 0 Å². The topological polar surface area (TPSA) is 108 Å². The Labute approximate surface area is 133 Å². The third-order valence-corrected chi connectivity index (χ3v) is 3.81. The molecule has 0 saturated carbocycles. The second-order valence-electron chi connectivity index (χ2n) is 5.42. The first-order chi connectivity index (χ1) is 10.8. The first-order valence-corrected chi connectivity index (χ1v) is 7.23. The number of nitrogens with one attached hydrogen (secondary N) is 1. The lowest BCUT2D eigenvalue weighted by atomic mass is 10.2. The van der Waals surface area contributed by atoms with Crippen molar-refractivity contribution >= 4 is 11.6 Å². The van der Waals surface area contributed by atoms with Crippen molar-refractivity contribution in [2.24, 2.45) is 7.05 Å². The van der Waals surface area contributed by atoms with Crippen LogP contribution in [0.1, 0.15) is 29.1 Å². The van der Waals surface area contributed by atoms with Crippen molar-refractivity contribution in [3.63, 3.8) is 0 Å². The van der Waals surface area contributed by atoms with Crippen molar-refractivity contribution in [1.29, 1.82) is 0 Å². The molecule has 124 valence electrons. The fourth-order valence-corrected chi connectivity index (χ4v) is 2.37. The second-order valence-corrected chi connectivity index (χ2v) is 5.42. The highest BCUT2D eigenvalue weighted by molar-refractivity contribution is 5.75. The Balaban J connectivity index is 1.88. The number of carbonyl (C=O) groups excluding carboxylic acids is 1. The van der Waals surface area contributed by atoms with E-state index in [1.807, 2.05) is 20.9 Å². The molecule has 0 aliphatic heterocycles. The van der Waals surface area contributed by atoms with Gasteiger partial charge in [0.15, 0.2) is 0 Å². The molecule has 23 heavy (non-hydrogen) atoms. The van der Waals surface area contributed by atoms with Crippen LogP contribution >= 0.6 is 0 Å². The third-order valence-electron chi connectivity index (χ3n) is 3.81. The SMILES string of the molecule is Cc1nn(CCC(=O)NCc2c(C)nn(C)c2C)cc1[N+](=O)[O-]. The number of hydrogen-bond acceptors (Lipinski definition) is 5. The lowest BCUT2D eigenvalue weighted by Crippen LogP contribution is -2.24. The molecule has 0 radical (unpaired) electrons. The quantitative estimate of drug-likeness (QED) is 0.634. The fourth-order valence-electron chi connectivity index (χ4n) is 2.37. The van der Waals surface area contributed by atoms with Gasteiger partial charge >= 0.3 is 5.69 Å². The summed E-state index contributed by atoms with van der Waals surface area (Å²) >= 11 is 0. The highest BCUT2D eigenvalue weighted by Gasteiger charge is 2.16. The molecular weight excluding hydrogens is 300 g/mol. The van der Waals surface area contributed by atoms with Gasteiger partial charge in [-0.2, -0.15) is 10.2 Å². The van der Waals surface area contributed by atoms with Crippen LogP contribution in [0.15, 0.2) is 6.20 Å². The molecule has 1 amide bonds. The van der Waals surface area contributed by atoms with Gasteiger partial charge in [-0.05, 0) is 20.8 Å². The summed E-state index contributed by atoms with van der Waals surface area (Å²) in [5, 5.41) is 21.9. The summed E-state index contributed by atoms with van der Waals surface area (Å²) in [7, 11) is 1.86. The second kappa shape index (κ2) is 6.59. The lowest BCUT2D eigenvalue weighted by molar-refractivity contribution is -0.385. The fraction of sp³-hybridized carbons (Fsp3) is 0.500. The van der Waals surface area contributed by atoms with E-state index in [9.17, 15) is 14.9 Å². The van der Waals surface area contributed by atoms with Crippen LogP contribution in [0.4, 0.5) is 5.69 Å². The van der Waals surface area contributed by atoms with Crippen LogP contribution in [-0.4, -0.2) is 30.4 Å². The molecule has 9 nitrogen and oxygen atoms in total. The van der Waals surface area contributed by atoms with Crippen molar-refractivity contribution in [3.8, 4) is 0 Å². The van der Waals surface area contributed by atoms with Gasteiger partial charge in [0.1, 0.15) is 11.9 Å². The smallest absolute Gasteiger partial charge is 0.309 e. The maximum atomic E-state index is 11.9. The molecule has 0 aliphatic rings. The van der Waals surface area contributed by atoms with Gasteiger partial charge in [0.2, 0.25) is 5.91 Å². The largest absolute Gasteiger partial charge is 0.352 e. The van der Waals surface area contributed by atoms with E-state index in [0.29, 0.717) is 18.8 Å². The summed E-state index contributed by atoms with van der Waals surface area (Å²) in [6.45, 7) is 6.14. The molecule has 0 unspecified atom stereocenters. The van der Waals surface area contributed by atoms with Crippen LogP contribution < -0.4 is 5.32 Å². The van der Waals surface area contributed by atoms with Crippen LogP contribution in [0, 0.1) is 30.9 Å². The van der Waals surface area contributed by atoms with E-state index in [2.05, 4.69) is 15.5 Å². The van der Waals surface area contributed by atoms with Crippen LogP contribution in [-0.2, 0) is 24.9 Å². The number of nitro groups is 1. The number of aryl methyl sites for hydroxylation is 4. The standard InChI is InChI=1S/C14H20N6O3/c1-9-12(11(3)18(4)16-9)7-15-14(21)5-6-19-8-13(20(22)23)10(2)17-19/h8H,5-7H2,1-4H3,(H,15,21). The monoisotopic (exact) mass is 320 g/mol. The van der Waals surface area contributed by atoms with E-state index >= 15 is 0 Å². The van der Waals surface area contributed by atoms with Gasteiger partial charge < -0.3 is 5.32 Å². The predicted octanol–water partition coefficient (Wildman–Crippen LogP) is 1.16. The number of rotatable bonds is 6. The summed E-state index contributed by atoms with van der Waals surface area (Å²) in [5.74, 6) is -0.136. The van der Waals surface area contributed by atoms with Crippen molar-refractivity contribution in [1.82, 2.24) is 24.9 Å². The summed E-state index contributed by atoms with van der Waals surface area (Å²) in [6.07, 6.45) is 1.55. The summed E-state index contributed by atoms with van der Waals surface area (Å²) < 4.78 is 3.20. The van der Waals surface area contributed by atoms with Gasteiger partial charge in [-0.1, -0.05) is 0 Å². The molecule has 2 aromatic heterocycles. The van der Waals surface area contributed by atoms with Gasteiger partial charge in [0, 0.05) is 37.8 Å². The number of aromatic nitrogens is 4. The zero-order valence-corrected chi connectivity index (χ0v) is 13.7.